The smallest absolute Gasteiger partial charge is 0.249 e. The summed E-state index contributed by atoms with van der Waals surface area (Å²) in [5, 5.41) is 75.5. The normalized spacial score (nSPS) is 22.6. The number of allylic oxidation sites excluding steroid dienone is 8. The lowest BCUT2D eigenvalue weighted by atomic mass is 9.98. The highest BCUT2D eigenvalue weighted by atomic mass is 16.7. The molecule has 1 aliphatic heterocycles. The second kappa shape index (κ2) is 36.0. The summed E-state index contributed by atoms with van der Waals surface area (Å²) in [7, 11) is 0. The zero-order valence-corrected chi connectivity index (χ0v) is 35.6. The molecule has 9 unspecified atom stereocenters. The van der Waals surface area contributed by atoms with Gasteiger partial charge in [-0.1, -0.05) is 133 Å². The Morgan fingerprint density at radius 1 is 0.614 bits per heavy atom. The molecule has 11 nitrogen and oxygen atoms in total. The van der Waals surface area contributed by atoms with E-state index in [1.807, 2.05) is 6.08 Å². The van der Waals surface area contributed by atoms with E-state index in [2.05, 4.69) is 61.7 Å². The first-order valence-corrected chi connectivity index (χ1v) is 22.5. The molecule has 57 heavy (non-hydrogen) atoms. The van der Waals surface area contributed by atoms with Gasteiger partial charge in [0.15, 0.2) is 6.29 Å². The molecule has 0 aliphatic carbocycles. The molecule has 0 saturated carbocycles. The van der Waals surface area contributed by atoms with Crippen molar-refractivity contribution in [1.82, 2.24) is 5.32 Å². The molecule has 0 aromatic rings. The van der Waals surface area contributed by atoms with Crippen molar-refractivity contribution < 1.29 is 50.0 Å². The van der Waals surface area contributed by atoms with Crippen LogP contribution in [0.1, 0.15) is 168 Å². The highest BCUT2D eigenvalue weighted by Crippen LogP contribution is 2.23. The quantitative estimate of drug-likeness (QED) is 0.0242. The van der Waals surface area contributed by atoms with Gasteiger partial charge in [0.1, 0.15) is 36.6 Å². The van der Waals surface area contributed by atoms with E-state index in [4.69, 9.17) is 9.47 Å². The molecule has 9 atom stereocenters. The largest absolute Gasteiger partial charge is 0.394 e. The van der Waals surface area contributed by atoms with E-state index in [0.29, 0.717) is 19.3 Å². The maximum Gasteiger partial charge on any atom is 0.249 e. The van der Waals surface area contributed by atoms with E-state index in [0.717, 1.165) is 64.2 Å². The molecule has 1 saturated heterocycles. The van der Waals surface area contributed by atoms with Gasteiger partial charge in [0.25, 0.3) is 0 Å². The van der Waals surface area contributed by atoms with Crippen LogP contribution >= 0.6 is 0 Å². The van der Waals surface area contributed by atoms with Crippen molar-refractivity contribution in [2.75, 3.05) is 13.2 Å². The number of carbonyl (C=O) groups excluding carboxylic acids is 1. The van der Waals surface area contributed by atoms with Crippen LogP contribution in [-0.4, -0.2) is 110 Å². The second-order valence-electron chi connectivity index (χ2n) is 15.7. The van der Waals surface area contributed by atoms with Gasteiger partial charge in [-0.2, -0.15) is 0 Å². The van der Waals surface area contributed by atoms with Gasteiger partial charge in [-0.15, -0.1) is 0 Å². The molecule has 1 aliphatic rings. The maximum absolute atomic E-state index is 13.1. The van der Waals surface area contributed by atoms with Gasteiger partial charge >= 0.3 is 0 Å². The predicted octanol–water partition coefficient (Wildman–Crippen LogP) is 7.00. The Hall–Kier alpha value is -1.93. The fraction of sp³-hybridized carbons (Fsp3) is 0.804. The maximum atomic E-state index is 13.1. The summed E-state index contributed by atoms with van der Waals surface area (Å²) < 4.78 is 11.0. The Bertz CT molecular complexity index is 1070. The minimum absolute atomic E-state index is 0.234. The van der Waals surface area contributed by atoms with Crippen LogP contribution in [0.25, 0.3) is 0 Å². The fourth-order valence-corrected chi connectivity index (χ4v) is 6.83. The van der Waals surface area contributed by atoms with Gasteiger partial charge in [0.05, 0.1) is 25.4 Å². The van der Waals surface area contributed by atoms with E-state index >= 15 is 0 Å². The Morgan fingerprint density at radius 2 is 1.11 bits per heavy atom. The highest BCUT2D eigenvalue weighted by molar-refractivity contribution is 5.80. The van der Waals surface area contributed by atoms with Crippen LogP contribution in [0, 0.1) is 0 Å². The van der Waals surface area contributed by atoms with E-state index in [9.17, 15) is 40.5 Å². The minimum atomic E-state index is -1.67. The van der Waals surface area contributed by atoms with Gasteiger partial charge in [-0.3, -0.25) is 4.79 Å². The molecule has 8 N–H and O–H groups in total. The van der Waals surface area contributed by atoms with Crippen LogP contribution < -0.4 is 5.32 Å². The standard InChI is InChI=1S/C46H83NO10/c1-3-5-7-9-11-13-15-17-18-19-20-22-24-26-28-30-32-34-39(50)45(55)47-37(36-56-46-44(54)43(53)42(52)40(35-48)57-46)41(51)38(49)33-31-29-27-25-23-21-16-14-12-10-8-6-4-2/h6,8,14,16,20,22,25,27,37-44,46,48-54H,3-5,7,9-13,15,17-19,21,23-24,26,28-36H2,1-2H3,(H,47,55)/b8-6+,16-14+,22-20-,27-25+. The summed E-state index contributed by atoms with van der Waals surface area (Å²) in [5.41, 5.74) is 0. The zero-order valence-electron chi connectivity index (χ0n) is 35.6. The average Bonchev–Trinajstić information content (AvgIpc) is 3.21. The van der Waals surface area contributed by atoms with Crippen LogP contribution in [0.5, 0.6) is 0 Å². The summed E-state index contributed by atoms with van der Waals surface area (Å²) in [6, 6.07) is -1.20. The zero-order chi connectivity index (χ0) is 41.9. The number of rotatable bonds is 36. The summed E-state index contributed by atoms with van der Waals surface area (Å²) in [5.74, 6) is -0.725. The lowest BCUT2D eigenvalue weighted by Crippen LogP contribution is -2.60. The SMILES string of the molecule is CC/C=C/CC/C=C/CC/C=C/CCCC(O)C(O)C(COC1OC(CO)C(O)C(O)C1O)NC(=O)C(O)CCCCCC/C=C\CCCCCCCCCCC. The number of ether oxygens (including phenoxy) is 2. The first kappa shape index (κ1) is 53.1. The summed E-state index contributed by atoms with van der Waals surface area (Å²) in [6.07, 6.45) is 30.2. The Kier molecular flexibility index (Phi) is 33.5. The van der Waals surface area contributed by atoms with E-state index in [1.165, 1.54) is 57.8 Å². The number of aliphatic hydroxyl groups is 7. The number of amides is 1. The van der Waals surface area contributed by atoms with Gasteiger partial charge in [0, 0.05) is 0 Å². The molecule has 0 spiro atoms. The van der Waals surface area contributed by atoms with Crippen molar-refractivity contribution >= 4 is 5.91 Å². The van der Waals surface area contributed by atoms with E-state index in [1.54, 1.807) is 0 Å². The average molecular weight is 810 g/mol. The van der Waals surface area contributed by atoms with Crippen molar-refractivity contribution in [3.05, 3.63) is 48.6 Å². The molecular weight excluding hydrogens is 727 g/mol. The number of nitrogens with one attached hydrogen (secondary N) is 1. The molecule has 1 fully saturated rings. The van der Waals surface area contributed by atoms with Crippen molar-refractivity contribution in [3.8, 4) is 0 Å². The van der Waals surface area contributed by atoms with Crippen LogP contribution in [0.2, 0.25) is 0 Å². The van der Waals surface area contributed by atoms with Crippen LogP contribution in [0.15, 0.2) is 48.6 Å². The molecule has 332 valence electrons. The van der Waals surface area contributed by atoms with Crippen molar-refractivity contribution in [2.45, 2.75) is 223 Å². The van der Waals surface area contributed by atoms with Crippen molar-refractivity contribution in [1.29, 1.82) is 0 Å². The number of aliphatic hydroxyl groups excluding tert-OH is 7. The predicted molar refractivity (Wildman–Crippen MR) is 228 cm³/mol. The summed E-state index contributed by atoms with van der Waals surface area (Å²) in [6.45, 7) is 3.28. The number of unbranched alkanes of at least 4 members (excludes halogenated alkanes) is 16. The Labute approximate surface area is 345 Å². The van der Waals surface area contributed by atoms with Gasteiger partial charge < -0.3 is 50.5 Å². The molecule has 1 rings (SSSR count). The number of hydrogen-bond acceptors (Lipinski definition) is 10. The first-order valence-electron chi connectivity index (χ1n) is 22.5. The van der Waals surface area contributed by atoms with Crippen LogP contribution in [0.4, 0.5) is 0 Å². The van der Waals surface area contributed by atoms with Gasteiger partial charge in [-0.05, 0) is 83.5 Å². The topological polar surface area (TPSA) is 189 Å². The molecule has 0 radical (unpaired) electrons. The third-order valence-corrected chi connectivity index (χ3v) is 10.6. The molecule has 0 aromatic heterocycles. The number of carbonyl (C=O) groups is 1. The molecular formula is C46H83NO10. The molecule has 11 heteroatoms. The molecule has 1 amide bonds. The molecule has 1 heterocycles. The van der Waals surface area contributed by atoms with Gasteiger partial charge in [-0.25, -0.2) is 0 Å². The second-order valence-corrected chi connectivity index (χ2v) is 15.7. The van der Waals surface area contributed by atoms with E-state index in [-0.39, 0.29) is 12.8 Å². The third kappa shape index (κ3) is 26.0. The fourth-order valence-electron chi connectivity index (χ4n) is 6.83. The van der Waals surface area contributed by atoms with E-state index < -0.39 is 74.2 Å². The van der Waals surface area contributed by atoms with Gasteiger partial charge in [0.2, 0.25) is 5.91 Å². The van der Waals surface area contributed by atoms with Crippen LogP contribution in [0.3, 0.4) is 0 Å². The third-order valence-electron chi connectivity index (χ3n) is 10.6. The van der Waals surface area contributed by atoms with Crippen molar-refractivity contribution in [3.63, 3.8) is 0 Å². The van der Waals surface area contributed by atoms with Crippen LogP contribution in [-0.2, 0) is 14.3 Å². The Morgan fingerprint density at radius 3 is 1.65 bits per heavy atom. The monoisotopic (exact) mass is 810 g/mol. The first-order chi connectivity index (χ1) is 27.7. The van der Waals surface area contributed by atoms with Crippen molar-refractivity contribution in [2.24, 2.45) is 0 Å². The summed E-state index contributed by atoms with van der Waals surface area (Å²) >= 11 is 0. The lowest BCUT2D eigenvalue weighted by Gasteiger charge is -2.40. The molecule has 0 aromatic carbocycles. The molecule has 0 bridgehead atoms. The summed E-state index contributed by atoms with van der Waals surface area (Å²) in [4.78, 5) is 13.1. The minimum Gasteiger partial charge on any atom is -0.394 e. The Balaban J connectivity index is 2.51. The lowest BCUT2D eigenvalue weighted by molar-refractivity contribution is -0.303. The highest BCUT2D eigenvalue weighted by Gasteiger charge is 2.44. The number of hydrogen-bond donors (Lipinski definition) is 8.